The van der Waals surface area contributed by atoms with E-state index in [0.29, 0.717) is 32.7 Å². The van der Waals surface area contributed by atoms with Gasteiger partial charge in [0.1, 0.15) is 6.42 Å². The van der Waals surface area contributed by atoms with Crippen LogP contribution in [-0.2, 0) is 14.4 Å². The van der Waals surface area contributed by atoms with Gasteiger partial charge in [-0.05, 0) is 0 Å². The summed E-state index contributed by atoms with van der Waals surface area (Å²) in [6.07, 6.45) is 1.14. The van der Waals surface area contributed by atoms with Gasteiger partial charge in [-0.25, -0.2) is 0 Å². The van der Waals surface area contributed by atoms with Gasteiger partial charge in [-0.3, -0.25) is 19.3 Å². The van der Waals surface area contributed by atoms with E-state index in [9.17, 15) is 14.4 Å². The highest BCUT2D eigenvalue weighted by Gasteiger charge is 2.23. The fourth-order valence-corrected chi connectivity index (χ4v) is 1.84. The first-order chi connectivity index (χ1) is 9.02. The van der Waals surface area contributed by atoms with Crippen molar-refractivity contribution in [3.05, 3.63) is 12.7 Å². The standard InChI is InChI=1S/C12H19N3O4/c1-2-3-13-10(16)9-14-4-6-15(7-5-14)11(17)8-12(18)19/h2H,1,3-9H2,(H,13,16)(H,18,19). The van der Waals surface area contributed by atoms with Crippen LogP contribution in [0.2, 0.25) is 0 Å². The van der Waals surface area contributed by atoms with Crippen LogP contribution in [0.3, 0.4) is 0 Å². The summed E-state index contributed by atoms with van der Waals surface area (Å²) in [6, 6.07) is 0. The minimum absolute atomic E-state index is 0.0785. The summed E-state index contributed by atoms with van der Waals surface area (Å²) in [5, 5.41) is 11.2. The van der Waals surface area contributed by atoms with Gasteiger partial charge >= 0.3 is 5.97 Å². The van der Waals surface area contributed by atoms with Crippen molar-refractivity contribution in [1.29, 1.82) is 0 Å². The van der Waals surface area contributed by atoms with E-state index in [-0.39, 0.29) is 18.4 Å². The second kappa shape index (κ2) is 7.52. The summed E-state index contributed by atoms with van der Waals surface area (Å²) < 4.78 is 0. The number of hydrogen-bond donors (Lipinski definition) is 2. The predicted molar refractivity (Wildman–Crippen MR) is 68.5 cm³/mol. The number of carbonyl (C=O) groups is 3. The molecule has 0 aromatic carbocycles. The van der Waals surface area contributed by atoms with Crippen molar-refractivity contribution in [1.82, 2.24) is 15.1 Å². The van der Waals surface area contributed by atoms with Gasteiger partial charge in [-0.15, -0.1) is 6.58 Å². The van der Waals surface area contributed by atoms with Gasteiger partial charge in [-0.1, -0.05) is 6.08 Å². The van der Waals surface area contributed by atoms with Crippen LogP contribution in [0, 0.1) is 0 Å². The zero-order valence-electron chi connectivity index (χ0n) is 10.8. The van der Waals surface area contributed by atoms with E-state index in [4.69, 9.17) is 5.11 Å². The van der Waals surface area contributed by atoms with E-state index in [0.717, 1.165) is 0 Å². The Kier molecular flexibility index (Phi) is 6.01. The molecule has 1 aliphatic rings. The van der Waals surface area contributed by atoms with E-state index >= 15 is 0 Å². The van der Waals surface area contributed by atoms with Crippen LogP contribution in [0.1, 0.15) is 6.42 Å². The maximum Gasteiger partial charge on any atom is 0.312 e. The number of aliphatic carboxylic acids is 1. The molecule has 0 aromatic heterocycles. The molecule has 0 unspecified atom stereocenters. The molecule has 0 spiro atoms. The largest absolute Gasteiger partial charge is 0.481 e. The van der Waals surface area contributed by atoms with E-state index in [1.165, 1.54) is 4.90 Å². The molecule has 0 aromatic rings. The van der Waals surface area contributed by atoms with Crippen molar-refractivity contribution >= 4 is 17.8 Å². The molecule has 2 N–H and O–H groups in total. The quantitative estimate of drug-likeness (QED) is 0.472. The summed E-state index contributed by atoms with van der Waals surface area (Å²) in [7, 11) is 0. The fourth-order valence-electron chi connectivity index (χ4n) is 1.84. The lowest BCUT2D eigenvalue weighted by atomic mass is 10.2. The zero-order chi connectivity index (χ0) is 14.3. The van der Waals surface area contributed by atoms with Gasteiger partial charge in [0, 0.05) is 32.7 Å². The Morgan fingerprint density at radius 3 is 2.37 bits per heavy atom. The Hall–Kier alpha value is -1.89. The molecular formula is C12H19N3O4. The number of nitrogens with zero attached hydrogens (tertiary/aromatic N) is 2. The molecule has 1 aliphatic heterocycles. The number of piperazine rings is 1. The minimum atomic E-state index is -1.11. The third-order valence-electron chi connectivity index (χ3n) is 2.84. The first kappa shape index (κ1) is 15.2. The normalized spacial score (nSPS) is 15.9. The summed E-state index contributed by atoms with van der Waals surface area (Å²) in [4.78, 5) is 36.9. The smallest absolute Gasteiger partial charge is 0.312 e. The number of rotatable bonds is 6. The first-order valence-electron chi connectivity index (χ1n) is 6.12. The number of nitrogens with one attached hydrogen (secondary N) is 1. The zero-order valence-corrected chi connectivity index (χ0v) is 10.8. The second-order valence-corrected chi connectivity index (χ2v) is 4.32. The van der Waals surface area contributed by atoms with Crippen molar-refractivity contribution < 1.29 is 19.5 Å². The lowest BCUT2D eigenvalue weighted by Gasteiger charge is -2.34. The molecule has 106 valence electrons. The Morgan fingerprint density at radius 1 is 1.21 bits per heavy atom. The lowest BCUT2D eigenvalue weighted by Crippen LogP contribution is -2.51. The molecule has 7 heteroatoms. The molecule has 1 saturated heterocycles. The van der Waals surface area contributed by atoms with Crippen LogP contribution in [0.5, 0.6) is 0 Å². The van der Waals surface area contributed by atoms with Crippen molar-refractivity contribution in [3.63, 3.8) is 0 Å². The molecular weight excluding hydrogens is 250 g/mol. The number of carboxylic acid groups (broad SMARTS) is 1. The molecule has 1 rings (SSSR count). The van der Waals surface area contributed by atoms with E-state index in [1.54, 1.807) is 6.08 Å². The van der Waals surface area contributed by atoms with E-state index in [1.807, 2.05) is 4.90 Å². The highest BCUT2D eigenvalue weighted by molar-refractivity contribution is 5.93. The van der Waals surface area contributed by atoms with E-state index < -0.39 is 12.4 Å². The molecule has 1 heterocycles. The molecule has 7 nitrogen and oxygen atoms in total. The Bertz CT molecular complexity index is 362. The molecule has 2 amide bonds. The minimum Gasteiger partial charge on any atom is -0.481 e. The SMILES string of the molecule is C=CCNC(=O)CN1CCN(C(=O)CC(=O)O)CC1. The van der Waals surface area contributed by atoms with Gasteiger partial charge < -0.3 is 15.3 Å². The third kappa shape index (κ3) is 5.52. The van der Waals surface area contributed by atoms with Gasteiger partial charge in [0.25, 0.3) is 0 Å². The summed E-state index contributed by atoms with van der Waals surface area (Å²) in [5.41, 5.74) is 0. The van der Waals surface area contributed by atoms with Crippen molar-refractivity contribution in [2.75, 3.05) is 39.3 Å². The Labute approximate surface area is 111 Å². The molecule has 19 heavy (non-hydrogen) atoms. The van der Waals surface area contributed by atoms with Crippen LogP contribution in [0.15, 0.2) is 12.7 Å². The number of carbonyl (C=O) groups excluding carboxylic acids is 2. The maximum atomic E-state index is 11.5. The van der Waals surface area contributed by atoms with Crippen molar-refractivity contribution in [3.8, 4) is 0 Å². The first-order valence-corrected chi connectivity index (χ1v) is 6.12. The van der Waals surface area contributed by atoms with Crippen LogP contribution in [0.25, 0.3) is 0 Å². The lowest BCUT2D eigenvalue weighted by molar-refractivity contribution is -0.144. The average molecular weight is 269 g/mol. The fraction of sp³-hybridized carbons (Fsp3) is 0.583. The van der Waals surface area contributed by atoms with Crippen LogP contribution in [-0.4, -0.2) is 72.0 Å². The van der Waals surface area contributed by atoms with E-state index in [2.05, 4.69) is 11.9 Å². The molecule has 0 bridgehead atoms. The highest BCUT2D eigenvalue weighted by atomic mass is 16.4. The van der Waals surface area contributed by atoms with Crippen LogP contribution >= 0.6 is 0 Å². The Balaban J connectivity index is 2.28. The highest BCUT2D eigenvalue weighted by Crippen LogP contribution is 2.03. The van der Waals surface area contributed by atoms with Gasteiger partial charge in [0.05, 0.1) is 6.54 Å². The van der Waals surface area contributed by atoms with Crippen LogP contribution < -0.4 is 5.32 Å². The Morgan fingerprint density at radius 2 is 1.84 bits per heavy atom. The number of hydrogen-bond acceptors (Lipinski definition) is 4. The summed E-state index contributed by atoms with van der Waals surface area (Å²) >= 11 is 0. The summed E-state index contributed by atoms with van der Waals surface area (Å²) in [6.45, 7) is 6.31. The molecule has 0 radical (unpaired) electrons. The maximum absolute atomic E-state index is 11.5. The summed E-state index contributed by atoms with van der Waals surface area (Å²) in [5.74, 6) is -1.57. The molecule has 0 aliphatic carbocycles. The molecule has 0 saturated carbocycles. The topological polar surface area (TPSA) is 90.0 Å². The predicted octanol–water partition coefficient (Wildman–Crippen LogP) is -1.09. The second-order valence-electron chi connectivity index (χ2n) is 4.32. The average Bonchev–Trinajstić information content (AvgIpc) is 2.36. The molecule has 1 fully saturated rings. The third-order valence-corrected chi connectivity index (χ3v) is 2.84. The van der Waals surface area contributed by atoms with Gasteiger partial charge in [-0.2, -0.15) is 0 Å². The molecule has 0 atom stereocenters. The van der Waals surface area contributed by atoms with Gasteiger partial charge in [0.2, 0.25) is 11.8 Å². The number of carboxylic acids is 1. The monoisotopic (exact) mass is 269 g/mol. The van der Waals surface area contributed by atoms with Crippen molar-refractivity contribution in [2.24, 2.45) is 0 Å². The van der Waals surface area contributed by atoms with Gasteiger partial charge in [0.15, 0.2) is 0 Å². The number of amides is 2. The van der Waals surface area contributed by atoms with Crippen molar-refractivity contribution in [2.45, 2.75) is 6.42 Å². The van der Waals surface area contributed by atoms with Crippen LogP contribution in [0.4, 0.5) is 0 Å².